The second-order valence-electron chi connectivity index (χ2n) is 25.5. The number of ether oxygens (including phenoxy) is 2. The standard InChI is InChI=1S/C67H82N16O17S3/c1-9-39-31(3)42-26-47-52(35(7)84)33(5)44(75-47)24-43-32(4)40(56(77-43)54-55(65(94)99-8)59(88)53-34(6)45(78-57(53)54)25-46(39)74-42)15-17-50(86)82-83-67(95)100-20-22-102-101-21-18-41(64(92)93)79-62(90)48(27-51(87)69-19-23-103(96,97)98)76-49(85)16-10-30(2)72-61(89)36-11-13-37(14-12-36)70-28-38-29-71-60-58(73-38)63(91)81-66(68)80-60/h11-14,24,26,29-32,39-41,46,48,55,70,75,78H,9-10,15-23,25,27-28H2,1-8H3,(H,69,87)(H,72,89)(H,76,85)(H,79,90)(H,82,86)(H,83,95)(H,92,93)(H,96,97,98)(H3,68,71,80,81,91)/b44-24?,47-26?,56-54-/t30-,31-,32+,39-,40+,41+,46?,48+,55?/m1/s1. The minimum atomic E-state index is -4.48. The Hall–Kier alpha value is -10.1. The van der Waals surface area contributed by atoms with Crippen molar-refractivity contribution in [1.29, 1.82) is 0 Å². The number of allylic oxidation sites excluding steroid dienone is 1. The average Bonchev–Trinajstić information content (AvgIpc) is 1.56. The lowest BCUT2D eigenvalue weighted by Gasteiger charge is -2.22. The summed E-state index contributed by atoms with van der Waals surface area (Å²) >= 11 is 0. The van der Waals surface area contributed by atoms with Gasteiger partial charge >= 0.3 is 18.0 Å². The summed E-state index contributed by atoms with van der Waals surface area (Å²) in [5.41, 5.74) is 16.8. The van der Waals surface area contributed by atoms with E-state index in [0.29, 0.717) is 73.4 Å². The third-order valence-corrected chi connectivity index (χ3v) is 21.6. The first-order valence-electron chi connectivity index (χ1n) is 33.3. The van der Waals surface area contributed by atoms with E-state index < -0.39 is 124 Å². The van der Waals surface area contributed by atoms with Gasteiger partial charge in [-0.05, 0) is 100 Å². The van der Waals surface area contributed by atoms with Crippen molar-refractivity contribution in [2.24, 2.45) is 39.6 Å². The number of nitrogens with zero attached hydrogens (tertiary/aromatic N) is 5. The molecular weight excluding hydrogens is 1400 g/mol. The predicted molar refractivity (Wildman–Crippen MR) is 383 cm³/mol. The number of hydrogen-bond donors (Lipinski definition) is 13. The first-order chi connectivity index (χ1) is 48.9. The number of H-pyrrole nitrogens is 3. The Balaban J connectivity index is 0.743. The number of Topliss-reactive ketones (excluding diaryl/α,β-unsaturated/α-hetero) is 2. The topological polar surface area (TPSA) is 502 Å². The van der Waals surface area contributed by atoms with Crippen LogP contribution >= 0.6 is 21.6 Å². The number of rotatable bonds is 30. The number of fused-ring (bicyclic) bond motifs is 6. The highest BCUT2D eigenvalue weighted by atomic mass is 33.1. The molecule has 0 saturated carbocycles. The molecule has 550 valence electrons. The van der Waals surface area contributed by atoms with Gasteiger partial charge in [0.15, 0.2) is 22.7 Å². The maximum Gasteiger partial charge on any atom is 0.426 e. The molecular formula is C67H82N16O17S3. The van der Waals surface area contributed by atoms with E-state index in [4.69, 9.17) is 29.7 Å². The molecule has 9 atom stereocenters. The van der Waals surface area contributed by atoms with Crippen LogP contribution in [0.2, 0.25) is 0 Å². The summed E-state index contributed by atoms with van der Waals surface area (Å²) in [6.07, 6.45) is 4.38. The second kappa shape index (κ2) is 33.8. The fraction of sp³-hybridized carbons (Fsp3) is 0.463. The molecule has 36 heteroatoms. The van der Waals surface area contributed by atoms with Gasteiger partial charge in [0.1, 0.15) is 24.6 Å². The van der Waals surface area contributed by atoms with E-state index in [2.05, 4.69) is 81.2 Å². The Morgan fingerprint density at radius 2 is 1.57 bits per heavy atom. The number of methoxy groups -OCH3 is 1. The maximum absolute atomic E-state index is 14.5. The van der Waals surface area contributed by atoms with Gasteiger partial charge in [-0.1, -0.05) is 48.8 Å². The molecule has 33 nitrogen and oxygen atoms in total. The molecule has 1 aliphatic carbocycles. The zero-order chi connectivity index (χ0) is 74.7. The highest BCUT2D eigenvalue weighted by Gasteiger charge is 2.49. The van der Waals surface area contributed by atoms with Crippen molar-refractivity contribution < 1.29 is 75.5 Å². The third kappa shape index (κ3) is 19.0. The van der Waals surface area contributed by atoms with E-state index in [1.165, 1.54) is 41.8 Å². The van der Waals surface area contributed by atoms with Crippen molar-refractivity contribution >= 4 is 143 Å². The zero-order valence-corrected chi connectivity index (χ0v) is 60.1. The van der Waals surface area contributed by atoms with E-state index in [1.807, 2.05) is 32.9 Å². The fourth-order valence-electron chi connectivity index (χ4n) is 13.0. The first-order valence-corrected chi connectivity index (χ1v) is 37.4. The van der Waals surface area contributed by atoms with Crippen LogP contribution in [0.15, 0.2) is 50.9 Å². The van der Waals surface area contributed by atoms with Crippen LogP contribution in [0.4, 0.5) is 16.4 Å². The van der Waals surface area contributed by atoms with Crippen molar-refractivity contribution in [1.82, 2.24) is 62.0 Å². The lowest BCUT2D eigenvalue weighted by molar-refractivity contribution is -0.142. The minimum Gasteiger partial charge on any atom is -0.480 e. The number of aliphatic carboxylic acids is 1. The Labute approximate surface area is 598 Å². The summed E-state index contributed by atoms with van der Waals surface area (Å²) in [6, 6.07) is 2.44. The summed E-state index contributed by atoms with van der Waals surface area (Å²) < 4.78 is 42.2. The van der Waals surface area contributed by atoms with Crippen molar-refractivity contribution in [3.63, 3.8) is 0 Å². The zero-order valence-electron chi connectivity index (χ0n) is 57.7. The van der Waals surface area contributed by atoms with Crippen LogP contribution in [0, 0.1) is 43.4 Å². The number of hydrazine groups is 1. The van der Waals surface area contributed by atoms with Gasteiger partial charge in [0, 0.05) is 112 Å². The number of anilines is 2. The van der Waals surface area contributed by atoms with Crippen LogP contribution in [0.5, 0.6) is 0 Å². The van der Waals surface area contributed by atoms with Crippen molar-refractivity contribution in [3.05, 3.63) is 102 Å². The maximum atomic E-state index is 14.5. The van der Waals surface area contributed by atoms with Crippen LogP contribution in [-0.2, 0) is 61.3 Å². The normalized spacial score (nSPS) is 19.7. The Morgan fingerprint density at radius 3 is 2.27 bits per heavy atom. The molecule has 7 heterocycles. The van der Waals surface area contributed by atoms with Crippen LogP contribution in [0.3, 0.4) is 0 Å². The Morgan fingerprint density at radius 1 is 0.845 bits per heavy atom. The number of carboxylic acids is 1. The first kappa shape index (κ1) is 77.1. The number of amides is 6. The van der Waals surface area contributed by atoms with Crippen LogP contribution in [0.25, 0.3) is 28.9 Å². The van der Waals surface area contributed by atoms with Crippen molar-refractivity contribution in [2.75, 3.05) is 48.6 Å². The number of nitrogen functional groups attached to an aromatic ring is 1. The van der Waals surface area contributed by atoms with Gasteiger partial charge in [-0.2, -0.15) is 13.4 Å². The molecule has 0 fully saturated rings. The lowest BCUT2D eigenvalue weighted by atomic mass is 9.83. The summed E-state index contributed by atoms with van der Waals surface area (Å²) in [5.74, 6) is -9.31. The fourth-order valence-corrected chi connectivity index (χ4v) is 15.3. The highest BCUT2D eigenvalue weighted by Crippen LogP contribution is 2.49. The number of aromatic nitrogens is 6. The number of aromatic amines is 3. The number of aliphatic imine (C=N–C) groups is 2. The number of carbonyl (C=O) groups excluding carboxylic acids is 9. The number of carbonyl (C=O) groups is 10. The van der Waals surface area contributed by atoms with Gasteiger partial charge in [0.25, 0.3) is 21.6 Å². The molecule has 0 radical (unpaired) electrons. The number of nitrogens with one attached hydrogen (secondary N) is 10. The Kier molecular flexibility index (Phi) is 25.3. The van der Waals surface area contributed by atoms with Gasteiger partial charge in [-0.25, -0.2) is 25.0 Å². The highest BCUT2D eigenvalue weighted by molar-refractivity contribution is 8.76. The molecule has 4 aliphatic rings. The molecule has 14 N–H and O–H groups in total. The van der Waals surface area contributed by atoms with Crippen LogP contribution < -0.4 is 59.4 Å². The van der Waals surface area contributed by atoms with Gasteiger partial charge in [0.05, 0.1) is 60.5 Å². The molecule has 103 heavy (non-hydrogen) atoms. The lowest BCUT2D eigenvalue weighted by Crippen LogP contribution is -2.53. The molecule has 0 saturated heterocycles. The molecule has 9 rings (SSSR count). The van der Waals surface area contributed by atoms with Gasteiger partial charge in [0.2, 0.25) is 29.6 Å². The number of hydrogen-bond acceptors (Lipinski definition) is 24. The van der Waals surface area contributed by atoms with Crippen molar-refractivity contribution in [2.45, 2.75) is 131 Å². The molecule has 5 aromatic rings. The summed E-state index contributed by atoms with van der Waals surface area (Å²) in [5, 5.41) is 24.2. The summed E-state index contributed by atoms with van der Waals surface area (Å²) in [7, 11) is -0.899. The molecule has 2 unspecified atom stereocenters. The SMILES string of the molecule is CC[C@H]1C2Cc3[nH]c4c(c3C)C(=O)C(C(=O)OC)/C4=C3/N=C(C=c4[nH]c(c(C(C)=O)c4C)=CC(=N2)[C@@H]1C)[C@@H](C)[C@@H]3CCC(=O)NNC(=O)OCCSSCC[C@H](NC(=O)[C@H](CC(=O)NCCS(=O)(=O)O)NC(=O)CC[C@@H](C)NC(=O)c1ccc(NCc2cnc3nc(N)[nH]c(=O)c3n2)cc1)C(=O)O. The average molecular weight is 1480 g/mol. The van der Waals surface area contributed by atoms with Crippen molar-refractivity contribution in [3.8, 4) is 0 Å². The van der Waals surface area contributed by atoms with Gasteiger partial charge in [-0.15, -0.1) is 0 Å². The largest absolute Gasteiger partial charge is 0.480 e. The van der Waals surface area contributed by atoms with E-state index in [0.717, 1.165) is 17.8 Å². The number of esters is 1. The second-order valence-corrected chi connectivity index (χ2v) is 29.8. The quantitative estimate of drug-likeness (QED) is 0.00597. The van der Waals surface area contributed by atoms with Gasteiger partial charge in [-0.3, -0.25) is 68.1 Å². The summed E-state index contributed by atoms with van der Waals surface area (Å²) in [4.78, 5) is 178. The minimum absolute atomic E-state index is 0.0145. The van der Waals surface area contributed by atoms with E-state index >= 15 is 0 Å². The van der Waals surface area contributed by atoms with E-state index in [1.54, 1.807) is 31.2 Å². The van der Waals surface area contributed by atoms with Gasteiger partial charge < -0.3 is 56.9 Å². The molecule has 0 spiro atoms. The molecule has 4 aromatic heterocycles. The third-order valence-electron chi connectivity index (χ3n) is 18.4. The van der Waals surface area contributed by atoms with Crippen LogP contribution in [0.1, 0.15) is 139 Å². The molecule has 6 amide bonds. The van der Waals surface area contributed by atoms with Crippen LogP contribution in [-0.4, -0.2) is 180 Å². The smallest absolute Gasteiger partial charge is 0.426 e. The molecule has 1 aromatic carbocycles. The molecule has 3 aliphatic heterocycles. The molecule has 8 bridgehead atoms. The number of nitrogens with two attached hydrogens (primary N) is 1. The number of benzene rings is 1. The van der Waals surface area contributed by atoms with E-state index in [9.17, 15) is 66.3 Å². The summed E-state index contributed by atoms with van der Waals surface area (Å²) in [6.45, 7) is 12.5. The predicted octanol–water partition coefficient (Wildman–Crippen LogP) is 2.45. The number of carboxylic acid groups (broad SMARTS) is 1. The Bertz CT molecular complexity index is 4610. The van der Waals surface area contributed by atoms with E-state index in [-0.39, 0.29) is 103 Å². The number of ketones is 2. The monoisotopic (exact) mass is 1480 g/mol.